The van der Waals surface area contributed by atoms with E-state index in [2.05, 4.69) is 10.4 Å². The van der Waals surface area contributed by atoms with Crippen LogP contribution in [0.4, 0.5) is 13.2 Å². The molecule has 0 spiro atoms. The van der Waals surface area contributed by atoms with E-state index in [-0.39, 0.29) is 6.10 Å². The molecule has 1 N–H and O–H groups in total. The third kappa shape index (κ3) is 3.94. The van der Waals surface area contributed by atoms with Gasteiger partial charge in [-0.25, -0.2) is 0 Å². The van der Waals surface area contributed by atoms with Gasteiger partial charge in [-0.2, -0.15) is 18.3 Å². The number of aryl methyl sites for hydroxylation is 1. The summed E-state index contributed by atoms with van der Waals surface area (Å²) in [5, 5.41) is 7.30. The van der Waals surface area contributed by atoms with Crippen molar-refractivity contribution in [1.29, 1.82) is 0 Å². The quantitative estimate of drug-likeness (QED) is 0.902. The molecule has 3 heterocycles. The van der Waals surface area contributed by atoms with E-state index < -0.39 is 11.9 Å². The summed E-state index contributed by atoms with van der Waals surface area (Å²) in [6.07, 6.45) is -1.92. The minimum atomic E-state index is -4.39. The number of halogens is 3. The summed E-state index contributed by atoms with van der Waals surface area (Å²) < 4.78 is 44.9. The Morgan fingerprint density at radius 2 is 2.26 bits per heavy atom. The van der Waals surface area contributed by atoms with Crippen LogP contribution in [0.3, 0.4) is 0 Å². The number of rotatable bonds is 5. The highest BCUT2D eigenvalue weighted by Crippen LogP contribution is 2.34. The Balaban J connectivity index is 1.62. The summed E-state index contributed by atoms with van der Waals surface area (Å²) in [6.45, 7) is 2.31. The van der Waals surface area contributed by atoms with Gasteiger partial charge in [0.05, 0.1) is 11.0 Å². The van der Waals surface area contributed by atoms with E-state index in [1.165, 1.54) is 18.4 Å². The number of nitrogens with one attached hydrogen (secondary N) is 1. The molecule has 23 heavy (non-hydrogen) atoms. The molecule has 3 rings (SSSR count). The van der Waals surface area contributed by atoms with Gasteiger partial charge >= 0.3 is 6.18 Å². The van der Waals surface area contributed by atoms with Gasteiger partial charge in [0.2, 0.25) is 0 Å². The molecule has 4 nitrogen and oxygen atoms in total. The standard InChI is InChI=1S/C15H18F3N3OS/c1-21-14(15(16,17)18)7-12(20-21)13-5-4-11(23-13)9-19-8-10-3-2-6-22-10/h4-5,7,10,19H,2-3,6,8-9H2,1H3/t10-/m1/s1. The third-order valence-corrected chi connectivity index (χ3v) is 4.89. The monoisotopic (exact) mass is 345 g/mol. The van der Waals surface area contributed by atoms with Gasteiger partial charge in [0.15, 0.2) is 0 Å². The predicted molar refractivity (Wildman–Crippen MR) is 82.2 cm³/mol. The van der Waals surface area contributed by atoms with Gasteiger partial charge in [-0.3, -0.25) is 4.68 Å². The van der Waals surface area contributed by atoms with Crippen molar-refractivity contribution in [3.05, 3.63) is 28.8 Å². The first-order valence-corrected chi connectivity index (χ1v) is 8.28. The van der Waals surface area contributed by atoms with Crippen molar-refractivity contribution in [2.45, 2.75) is 31.7 Å². The molecule has 1 aliphatic heterocycles. The highest BCUT2D eigenvalue weighted by molar-refractivity contribution is 7.15. The molecule has 0 aliphatic carbocycles. The Labute approximate surface area is 136 Å². The fourth-order valence-corrected chi connectivity index (χ4v) is 3.56. The SMILES string of the molecule is Cn1nc(-c2ccc(CNC[C@H]3CCCO3)s2)cc1C(F)(F)F. The third-order valence-electron chi connectivity index (χ3n) is 3.78. The Morgan fingerprint density at radius 3 is 2.91 bits per heavy atom. The van der Waals surface area contributed by atoms with E-state index in [0.29, 0.717) is 12.2 Å². The maximum absolute atomic E-state index is 12.8. The van der Waals surface area contributed by atoms with Crippen molar-refractivity contribution >= 4 is 11.3 Å². The summed E-state index contributed by atoms with van der Waals surface area (Å²) in [5.74, 6) is 0. The van der Waals surface area contributed by atoms with Crippen LogP contribution in [0.25, 0.3) is 10.6 Å². The molecule has 0 unspecified atom stereocenters. The fraction of sp³-hybridized carbons (Fsp3) is 0.533. The zero-order valence-corrected chi connectivity index (χ0v) is 13.5. The predicted octanol–water partition coefficient (Wildman–Crippen LogP) is 3.44. The lowest BCUT2D eigenvalue weighted by molar-refractivity contribution is -0.143. The van der Waals surface area contributed by atoms with Crippen molar-refractivity contribution < 1.29 is 17.9 Å². The van der Waals surface area contributed by atoms with Crippen LogP contribution in [0.5, 0.6) is 0 Å². The average molecular weight is 345 g/mol. The Bertz CT molecular complexity index is 659. The van der Waals surface area contributed by atoms with Gasteiger partial charge in [-0.05, 0) is 31.0 Å². The zero-order chi connectivity index (χ0) is 16.4. The van der Waals surface area contributed by atoms with Crippen LogP contribution in [0.1, 0.15) is 23.4 Å². The first-order valence-electron chi connectivity index (χ1n) is 7.46. The van der Waals surface area contributed by atoms with Gasteiger partial charge in [-0.15, -0.1) is 11.3 Å². The first-order chi connectivity index (χ1) is 10.9. The summed E-state index contributed by atoms with van der Waals surface area (Å²) >= 11 is 1.45. The second kappa shape index (κ2) is 6.62. The van der Waals surface area contributed by atoms with Crippen molar-refractivity contribution in [3.63, 3.8) is 0 Å². The molecule has 1 aliphatic rings. The highest BCUT2D eigenvalue weighted by atomic mass is 32.1. The van der Waals surface area contributed by atoms with Crippen LogP contribution in [-0.4, -0.2) is 29.0 Å². The Morgan fingerprint density at radius 1 is 1.43 bits per heavy atom. The van der Waals surface area contributed by atoms with Crippen LogP contribution >= 0.6 is 11.3 Å². The molecule has 0 radical (unpaired) electrons. The van der Waals surface area contributed by atoms with E-state index in [1.807, 2.05) is 12.1 Å². The summed E-state index contributed by atoms with van der Waals surface area (Å²) in [4.78, 5) is 1.81. The molecular weight excluding hydrogens is 327 g/mol. The van der Waals surface area contributed by atoms with E-state index in [4.69, 9.17) is 4.74 Å². The minimum absolute atomic E-state index is 0.277. The highest BCUT2D eigenvalue weighted by Gasteiger charge is 2.35. The molecule has 1 fully saturated rings. The van der Waals surface area contributed by atoms with Crippen LogP contribution < -0.4 is 5.32 Å². The lowest BCUT2D eigenvalue weighted by Crippen LogP contribution is -2.25. The van der Waals surface area contributed by atoms with E-state index in [9.17, 15) is 13.2 Å². The van der Waals surface area contributed by atoms with Crippen LogP contribution in [0.2, 0.25) is 0 Å². The molecule has 1 saturated heterocycles. The number of ether oxygens (including phenoxy) is 1. The number of aromatic nitrogens is 2. The number of thiophene rings is 1. The molecule has 8 heteroatoms. The second-order valence-corrected chi connectivity index (χ2v) is 6.74. The molecule has 1 atom stereocenters. The molecule has 0 saturated carbocycles. The van der Waals surface area contributed by atoms with Gasteiger partial charge in [-0.1, -0.05) is 0 Å². The number of hydrogen-bond donors (Lipinski definition) is 1. The maximum Gasteiger partial charge on any atom is 0.433 e. The molecule has 2 aromatic rings. The van der Waals surface area contributed by atoms with E-state index in [1.54, 1.807) is 0 Å². The average Bonchev–Trinajstić information content (AvgIpc) is 3.17. The topological polar surface area (TPSA) is 39.1 Å². The number of nitrogens with zero attached hydrogens (tertiary/aromatic N) is 2. The molecule has 0 aromatic carbocycles. The van der Waals surface area contributed by atoms with E-state index in [0.717, 1.165) is 46.5 Å². The lowest BCUT2D eigenvalue weighted by atomic mass is 10.2. The van der Waals surface area contributed by atoms with Crippen LogP contribution in [0, 0.1) is 0 Å². The molecule has 2 aromatic heterocycles. The largest absolute Gasteiger partial charge is 0.433 e. The van der Waals surface area contributed by atoms with Gasteiger partial charge in [0, 0.05) is 31.6 Å². The minimum Gasteiger partial charge on any atom is -0.377 e. The smallest absolute Gasteiger partial charge is 0.377 e. The van der Waals surface area contributed by atoms with Crippen molar-refractivity contribution in [3.8, 4) is 10.6 Å². The fourth-order valence-electron chi connectivity index (χ4n) is 2.63. The van der Waals surface area contributed by atoms with Gasteiger partial charge in [0.1, 0.15) is 11.4 Å². The normalized spacial score (nSPS) is 18.7. The summed E-state index contributed by atoms with van der Waals surface area (Å²) in [5.41, 5.74) is -0.380. The summed E-state index contributed by atoms with van der Waals surface area (Å²) in [6, 6.07) is 4.83. The van der Waals surface area contributed by atoms with Crippen molar-refractivity contribution in [2.24, 2.45) is 7.05 Å². The Kier molecular flexibility index (Phi) is 4.74. The van der Waals surface area contributed by atoms with Crippen LogP contribution in [-0.2, 0) is 24.5 Å². The Hall–Kier alpha value is -1.38. The van der Waals surface area contributed by atoms with Crippen molar-refractivity contribution in [2.75, 3.05) is 13.2 Å². The lowest BCUT2D eigenvalue weighted by Gasteiger charge is -2.09. The molecular formula is C15H18F3N3OS. The van der Waals surface area contributed by atoms with E-state index >= 15 is 0 Å². The second-order valence-electron chi connectivity index (χ2n) is 5.57. The van der Waals surface area contributed by atoms with Crippen LogP contribution in [0.15, 0.2) is 18.2 Å². The molecule has 0 amide bonds. The number of hydrogen-bond acceptors (Lipinski definition) is 4. The maximum atomic E-state index is 12.8. The van der Waals surface area contributed by atoms with Gasteiger partial charge in [0.25, 0.3) is 0 Å². The number of alkyl halides is 3. The van der Waals surface area contributed by atoms with Crippen molar-refractivity contribution in [1.82, 2.24) is 15.1 Å². The molecule has 0 bridgehead atoms. The molecule has 126 valence electrons. The first kappa shape index (κ1) is 16.5. The zero-order valence-electron chi connectivity index (χ0n) is 12.7. The van der Waals surface area contributed by atoms with Gasteiger partial charge < -0.3 is 10.1 Å². The summed E-state index contributed by atoms with van der Waals surface area (Å²) in [7, 11) is 1.31.